The Morgan fingerprint density at radius 3 is 2.31 bits per heavy atom. The van der Waals surface area contributed by atoms with Crippen LogP contribution in [0.1, 0.15) is 32.3 Å². The summed E-state index contributed by atoms with van der Waals surface area (Å²) in [4.78, 5) is 14.6. The Balaban J connectivity index is 1.56. The highest BCUT2D eigenvalue weighted by Crippen LogP contribution is 2.27. The fourth-order valence-electron chi connectivity index (χ4n) is 4.27. The number of amides is 1. The smallest absolute Gasteiger partial charge is 0.406 e. The average molecular weight is 514 g/mol. The van der Waals surface area contributed by atoms with Gasteiger partial charge < -0.3 is 10.1 Å². The van der Waals surface area contributed by atoms with Crippen molar-refractivity contribution in [3.63, 3.8) is 0 Å². The molecule has 1 N–H and O–H groups in total. The van der Waals surface area contributed by atoms with Crippen LogP contribution in [0.4, 0.5) is 18.9 Å². The lowest BCUT2D eigenvalue weighted by molar-refractivity contribution is -0.274. The van der Waals surface area contributed by atoms with Gasteiger partial charge in [0.05, 0.1) is 11.4 Å². The van der Waals surface area contributed by atoms with Gasteiger partial charge in [-0.05, 0) is 75.6 Å². The molecule has 3 rings (SSSR count). The number of carbonyl (C=O) groups excluding carboxylic acids is 1. The van der Waals surface area contributed by atoms with E-state index in [4.69, 9.17) is 0 Å². The summed E-state index contributed by atoms with van der Waals surface area (Å²) in [6.45, 7) is 6.76. The van der Waals surface area contributed by atoms with Crippen LogP contribution in [0.2, 0.25) is 0 Å². The lowest BCUT2D eigenvalue weighted by Crippen LogP contribution is -2.51. The number of sulfonamides is 1. The molecule has 0 spiro atoms. The fourth-order valence-corrected chi connectivity index (χ4v) is 6.26. The molecule has 0 aromatic heterocycles. The van der Waals surface area contributed by atoms with Gasteiger partial charge in [0.15, 0.2) is 0 Å². The van der Waals surface area contributed by atoms with Crippen molar-refractivity contribution < 1.29 is 31.1 Å². The second-order valence-corrected chi connectivity index (χ2v) is 10.7. The molecule has 0 saturated carbocycles. The van der Waals surface area contributed by atoms with E-state index in [9.17, 15) is 26.4 Å². The van der Waals surface area contributed by atoms with Gasteiger partial charge in [-0.15, -0.1) is 13.2 Å². The van der Waals surface area contributed by atoms with Crippen LogP contribution in [0.15, 0.2) is 53.4 Å². The van der Waals surface area contributed by atoms with E-state index in [-0.39, 0.29) is 35.2 Å². The molecular formula is C24H30F3N3O4S. The molecule has 1 aliphatic rings. The zero-order valence-electron chi connectivity index (χ0n) is 19.9. The molecule has 11 heteroatoms. The number of hydrogen-bond donors (Lipinski definition) is 1. The van der Waals surface area contributed by atoms with Crippen molar-refractivity contribution in [1.82, 2.24) is 9.21 Å². The van der Waals surface area contributed by atoms with E-state index >= 15 is 0 Å². The Labute approximate surface area is 203 Å². The Bertz CT molecular complexity index is 1110. The molecule has 1 heterocycles. The molecule has 0 unspecified atom stereocenters. The third-order valence-electron chi connectivity index (χ3n) is 5.73. The van der Waals surface area contributed by atoms with Crippen molar-refractivity contribution in [2.24, 2.45) is 0 Å². The molecule has 1 amide bonds. The maximum Gasteiger partial charge on any atom is 0.573 e. The summed E-state index contributed by atoms with van der Waals surface area (Å²) in [7, 11) is -3.66. The minimum Gasteiger partial charge on any atom is -0.406 e. The molecule has 2 aromatic carbocycles. The van der Waals surface area contributed by atoms with Crippen molar-refractivity contribution in [3.05, 3.63) is 54.1 Å². The Morgan fingerprint density at radius 2 is 1.77 bits per heavy atom. The normalized spacial score (nSPS) is 16.0. The summed E-state index contributed by atoms with van der Waals surface area (Å²) in [5.74, 6) is -0.672. The van der Waals surface area contributed by atoms with Crippen molar-refractivity contribution in [3.8, 4) is 5.75 Å². The lowest BCUT2D eigenvalue weighted by atomic mass is 10.0. The third-order valence-corrected chi connectivity index (χ3v) is 7.85. The maximum atomic E-state index is 13.4. The molecular weight excluding hydrogens is 483 g/mol. The Hall–Kier alpha value is -2.63. The third kappa shape index (κ3) is 7.42. The van der Waals surface area contributed by atoms with Crippen molar-refractivity contribution in [2.75, 3.05) is 25.0 Å². The van der Waals surface area contributed by atoms with Crippen LogP contribution >= 0.6 is 0 Å². The number of halogens is 3. The first kappa shape index (κ1) is 27.0. The number of rotatable bonds is 8. The van der Waals surface area contributed by atoms with Gasteiger partial charge in [0.1, 0.15) is 5.75 Å². The SMILES string of the molecule is Cc1cccc(S(=O)(=O)N(C(C)C)C2CCN(CC(=O)Nc3ccc(OC(F)(F)F)cc3)CC2)c1. The number of aryl methyl sites for hydroxylation is 1. The zero-order chi connectivity index (χ0) is 25.8. The van der Waals surface area contributed by atoms with Crippen molar-refractivity contribution in [1.29, 1.82) is 0 Å². The fraction of sp³-hybridized carbons (Fsp3) is 0.458. The molecule has 0 radical (unpaired) electrons. The first-order valence-electron chi connectivity index (χ1n) is 11.3. The largest absolute Gasteiger partial charge is 0.573 e. The number of likely N-dealkylation sites (tertiary alicyclic amines) is 1. The van der Waals surface area contributed by atoms with Crippen LogP contribution in [0, 0.1) is 6.92 Å². The van der Waals surface area contributed by atoms with Crippen molar-refractivity contribution in [2.45, 2.75) is 57.0 Å². The van der Waals surface area contributed by atoms with Crippen LogP contribution in [0.5, 0.6) is 5.75 Å². The van der Waals surface area contributed by atoms with Gasteiger partial charge in [0.25, 0.3) is 0 Å². The standard InChI is InChI=1S/C24H30F3N3O4S/c1-17(2)30(35(32,33)22-6-4-5-18(3)15-22)20-11-13-29(14-12-20)16-23(31)28-19-7-9-21(10-8-19)34-24(25,26)27/h4-10,15,17,20H,11-14,16H2,1-3H3,(H,28,31). The number of hydrogen-bond acceptors (Lipinski definition) is 5. The summed E-state index contributed by atoms with van der Waals surface area (Å²) >= 11 is 0. The van der Waals surface area contributed by atoms with Gasteiger partial charge in [-0.3, -0.25) is 9.69 Å². The number of alkyl halides is 3. The molecule has 1 aliphatic heterocycles. The monoisotopic (exact) mass is 513 g/mol. The highest BCUT2D eigenvalue weighted by Gasteiger charge is 2.36. The van der Waals surface area contributed by atoms with Gasteiger partial charge in [-0.1, -0.05) is 12.1 Å². The van der Waals surface area contributed by atoms with Gasteiger partial charge in [0, 0.05) is 30.9 Å². The summed E-state index contributed by atoms with van der Waals surface area (Å²) in [5.41, 5.74) is 1.23. The molecule has 35 heavy (non-hydrogen) atoms. The number of nitrogens with one attached hydrogen (secondary N) is 1. The van der Waals surface area contributed by atoms with Crippen LogP contribution in [-0.2, 0) is 14.8 Å². The number of ether oxygens (including phenoxy) is 1. The molecule has 1 saturated heterocycles. The second kappa shape index (κ2) is 11.0. The van der Waals surface area contributed by atoms with Gasteiger partial charge in [0.2, 0.25) is 15.9 Å². The Kier molecular flexibility index (Phi) is 8.45. The summed E-state index contributed by atoms with van der Waals surface area (Å²) < 4.78 is 68.9. The molecule has 1 fully saturated rings. The van der Waals surface area contributed by atoms with Crippen LogP contribution < -0.4 is 10.1 Å². The molecule has 0 atom stereocenters. The first-order chi connectivity index (χ1) is 16.3. The second-order valence-electron chi connectivity index (χ2n) is 8.87. The average Bonchev–Trinajstić information content (AvgIpc) is 2.75. The minimum absolute atomic E-state index is 0.0971. The molecule has 192 valence electrons. The van der Waals surface area contributed by atoms with Crippen LogP contribution in [0.3, 0.4) is 0 Å². The molecule has 2 aromatic rings. The lowest BCUT2D eigenvalue weighted by Gasteiger charge is -2.39. The molecule has 0 aliphatic carbocycles. The highest BCUT2D eigenvalue weighted by molar-refractivity contribution is 7.89. The minimum atomic E-state index is -4.78. The van der Waals surface area contributed by atoms with E-state index in [0.29, 0.717) is 31.6 Å². The molecule has 0 bridgehead atoms. The van der Waals surface area contributed by atoms with Gasteiger partial charge in [-0.2, -0.15) is 4.31 Å². The van der Waals surface area contributed by atoms with Crippen LogP contribution in [0.25, 0.3) is 0 Å². The number of carbonyl (C=O) groups is 1. The topological polar surface area (TPSA) is 79.0 Å². The van der Waals surface area contributed by atoms with Crippen LogP contribution in [-0.4, -0.2) is 61.6 Å². The van der Waals surface area contributed by atoms with E-state index in [1.54, 1.807) is 22.5 Å². The first-order valence-corrected chi connectivity index (χ1v) is 12.8. The number of benzene rings is 2. The maximum absolute atomic E-state index is 13.4. The van der Waals surface area contributed by atoms with E-state index in [1.807, 2.05) is 31.7 Å². The van der Waals surface area contributed by atoms with Gasteiger partial charge >= 0.3 is 6.36 Å². The van der Waals surface area contributed by atoms with E-state index in [0.717, 1.165) is 17.7 Å². The highest BCUT2D eigenvalue weighted by atomic mass is 32.2. The molecule has 7 nitrogen and oxygen atoms in total. The van der Waals surface area contributed by atoms with E-state index in [2.05, 4.69) is 10.1 Å². The quantitative estimate of drug-likeness (QED) is 0.566. The number of nitrogens with zero attached hydrogens (tertiary/aromatic N) is 2. The van der Waals surface area contributed by atoms with E-state index in [1.165, 1.54) is 12.1 Å². The predicted octanol–water partition coefficient (Wildman–Crippen LogP) is 4.40. The van der Waals surface area contributed by atoms with E-state index < -0.39 is 16.4 Å². The van der Waals surface area contributed by atoms with Gasteiger partial charge in [-0.25, -0.2) is 8.42 Å². The Morgan fingerprint density at radius 1 is 1.14 bits per heavy atom. The zero-order valence-corrected chi connectivity index (χ0v) is 20.7. The summed E-state index contributed by atoms with van der Waals surface area (Å²) in [6.07, 6.45) is -3.61. The summed E-state index contributed by atoms with van der Waals surface area (Å²) in [5, 5.41) is 2.66. The number of anilines is 1. The number of piperidine rings is 1. The predicted molar refractivity (Wildman–Crippen MR) is 127 cm³/mol. The summed E-state index contributed by atoms with van der Waals surface area (Å²) in [6, 6.07) is 11.4. The van der Waals surface area contributed by atoms with Crippen molar-refractivity contribution >= 4 is 21.6 Å².